The van der Waals surface area contributed by atoms with Crippen molar-refractivity contribution in [2.24, 2.45) is 0 Å². The third-order valence-corrected chi connectivity index (χ3v) is 9.96. The van der Waals surface area contributed by atoms with Gasteiger partial charge in [0.1, 0.15) is 19.0 Å². The molecule has 0 aliphatic carbocycles. The molecule has 0 amide bonds. The predicted molar refractivity (Wildman–Crippen MR) is 286 cm³/mol. The van der Waals surface area contributed by atoms with E-state index < -0.39 is 23.4 Å². The van der Waals surface area contributed by atoms with E-state index in [0.717, 1.165) is 89.4 Å². The maximum absolute atomic E-state index is 10.7. The summed E-state index contributed by atoms with van der Waals surface area (Å²) < 4.78 is 178. The van der Waals surface area contributed by atoms with Gasteiger partial charge in [0, 0.05) is 74.4 Å². The van der Waals surface area contributed by atoms with Crippen LogP contribution in [0.25, 0.3) is 34.2 Å². The van der Waals surface area contributed by atoms with Gasteiger partial charge in [-0.3, -0.25) is 29.9 Å². The SMILES string of the molecule is Cc1ccnc(-c2cc(CCc3cncnc3)ccn2)c1.Cc1ccnc(-c2cc(CCc3cncnc3)ccn2)c1.Cc1ccnc(-c2cc(CCc3cncnc3)ccn2)c1.F[P-](F)(F)(F)(F)F.F[P-](F)(F)(F)(F)F.F[P-](F)(F)(F)(F)F.[Fe+3]. The van der Waals surface area contributed by atoms with E-state index in [4.69, 9.17) is 0 Å². The molecule has 0 N–H and O–H groups in total. The Kier molecular flexibility index (Phi) is 22.8. The number of pyridine rings is 6. The van der Waals surface area contributed by atoms with Crippen molar-refractivity contribution in [2.75, 3.05) is 0 Å². The van der Waals surface area contributed by atoms with Crippen LogP contribution in [-0.2, 0) is 55.6 Å². The molecule has 0 aliphatic heterocycles. The molecule has 9 aromatic rings. The van der Waals surface area contributed by atoms with Crippen LogP contribution >= 0.6 is 23.4 Å². The van der Waals surface area contributed by atoms with Crippen LogP contribution in [0, 0.1) is 20.8 Å². The molecule has 0 saturated heterocycles. The first-order chi connectivity index (χ1) is 38.3. The van der Waals surface area contributed by atoms with Crippen molar-refractivity contribution >= 4 is 23.4 Å². The van der Waals surface area contributed by atoms with Crippen molar-refractivity contribution < 1.29 is 92.6 Å². The van der Waals surface area contributed by atoms with Gasteiger partial charge in [0.2, 0.25) is 0 Å². The summed E-state index contributed by atoms with van der Waals surface area (Å²) in [5, 5.41) is 0. The summed E-state index contributed by atoms with van der Waals surface area (Å²) in [7, 11) is -32.0. The van der Waals surface area contributed by atoms with Crippen LogP contribution < -0.4 is 0 Å². The molecule has 9 heterocycles. The third-order valence-electron chi connectivity index (χ3n) is 9.96. The van der Waals surface area contributed by atoms with E-state index in [1.165, 1.54) is 33.4 Å². The minimum Gasteiger partial charge on any atom is 3.00 e. The second-order valence-electron chi connectivity index (χ2n) is 17.9. The van der Waals surface area contributed by atoms with Crippen molar-refractivity contribution in [3.63, 3.8) is 0 Å². The minimum atomic E-state index is -10.7. The van der Waals surface area contributed by atoms with E-state index in [2.05, 4.69) is 117 Å². The van der Waals surface area contributed by atoms with Crippen LogP contribution in [0.4, 0.5) is 75.5 Å². The van der Waals surface area contributed by atoms with E-state index in [1.807, 2.05) is 111 Å². The Balaban J connectivity index is 0.000000285. The smallest absolute Gasteiger partial charge is 3.00 e. The average Bonchev–Trinajstić information content (AvgIpc) is 1.74. The van der Waals surface area contributed by atoms with Gasteiger partial charge in [-0.2, -0.15) is 0 Å². The summed E-state index contributed by atoms with van der Waals surface area (Å²) in [4.78, 5) is 50.6. The van der Waals surface area contributed by atoms with Gasteiger partial charge in [-0.15, -0.1) is 0 Å². The molecule has 0 bridgehead atoms. The van der Waals surface area contributed by atoms with Crippen LogP contribution in [0.2, 0.25) is 0 Å². The van der Waals surface area contributed by atoms with Crippen LogP contribution in [0.3, 0.4) is 0 Å². The summed E-state index contributed by atoms with van der Waals surface area (Å²) in [5.41, 5.74) is 16.2. The molecule has 1 radical (unpaired) electrons. The Labute approximate surface area is 483 Å². The van der Waals surface area contributed by atoms with Gasteiger partial charge in [0.15, 0.2) is 0 Å². The number of nitrogens with zero attached hydrogens (tertiary/aromatic N) is 12. The number of hydrogen-bond acceptors (Lipinski definition) is 12. The van der Waals surface area contributed by atoms with Crippen molar-refractivity contribution in [3.05, 3.63) is 216 Å². The van der Waals surface area contributed by atoms with Crippen molar-refractivity contribution in [3.8, 4) is 34.2 Å². The largest absolute Gasteiger partial charge is 3.00 e. The molecule has 9 rings (SSSR count). The van der Waals surface area contributed by atoms with Crippen molar-refractivity contribution in [1.29, 1.82) is 0 Å². The first kappa shape index (κ1) is 72.0. The Morgan fingerprint density at radius 3 is 0.612 bits per heavy atom. The number of aromatic nitrogens is 12. The van der Waals surface area contributed by atoms with E-state index in [1.54, 1.807) is 19.0 Å². The van der Waals surface area contributed by atoms with Crippen molar-refractivity contribution in [2.45, 2.75) is 59.3 Å². The fraction of sp³-hybridized carbons (Fsp3) is 0.176. The van der Waals surface area contributed by atoms with Gasteiger partial charge in [-0.1, -0.05) is 0 Å². The van der Waals surface area contributed by atoms with Gasteiger partial charge in [-0.05, 0) is 182 Å². The molecule has 34 heteroatoms. The summed E-state index contributed by atoms with van der Waals surface area (Å²) in [6.07, 6.45) is 32.4. The number of rotatable bonds is 12. The fourth-order valence-electron chi connectivity index (χ4n) is 6.58. The molecule has 0 atom stereocenters. The number of halogens is 18. The van der Waals surface area contributed by atoms with Gasteiger partial charge in [-0.25, -0.2) is 29.9 Å². The van der Waals surface area contributed by atoms with Crippen LogP contribution in [0.15, 0.2) is 166 Å². The molecule has 0 unspecified atom stereocenters. The zero-order valence-corrected chi connectivity index (χ0v) is 48.0. The zero-order chi connectivity index (χ0) is 62.7. The van der Waals surface area contributed by atoms with E-state index in [9.17, 15) is 75.5 Å². The Morgan fingerprint density at radius 2 is 0.424 bits per heavy atom. The summed E-state index contributed by atoms with van der Waals surface area (Å²) in [5.74, 6) is 0. The van der Waals surface area contributed by atoms with Gasteiger partial charge >= 0.3 is 116 Å². The standard InChI is InChI=1S/3C17H16N4.3F6P.Fe/c3*1-13-4-6-20-16(8-13)17-9-14(5-7-21-17)2-3-15-10-18-12-19-11-15;3*1-7(2,3,4,5)6;/h3*4-12H,2-3H2,1H3;;;;/q;;;3*-1;+3. The molecule has 0 saturated carbocycles. The van der Waals surface area contributed by atoms with Gasteiger partial charge < -0.3 is 0 Å². The van der Waals surface area contributed by atoms with E-state index >= 15 is 0 Å². The zero-order valence-electron chi connectivity index (χ0n) is 44.2. The maximum atomic E-state index is 9.87. The van der Waals surface area contributed by atoms with Crippen LogP contribution in [-0.4, -0.2) is 59.8 Å². The molecule has 9 aromatic heterocycles. The molecule has 85 heavy (non-hydrogen) atoms. The molecule has 0 aliphatic rings. The van der Waals surface area contributed by atoms with E-state index in [0.29, 0.717) is 0 Å². The molecule has 0 spiro atoms. The normalized spacial score (nSPS) is 13.5. The molecule has 461 valence electrons. The van der Waals surface area contributed by atoms with Gasteiger partial charge in [0.25, 0.3) is 0 Å². The quantitative estimate of drug-likeness (QED) is 0.0649. The predicted octanol–water partition coefficient (Wildman–Crippen LogP) is 19.2. The van der Waals surface area contributed by atoms with E-state index in [-0.39, 0.29) is 17.1 Å². The maximum Gasteiger partial charge on any atom is 3.00 e. The fourth-order valence-corrected chi connectivity index (χ4v) is 6.58. The first-order valence-corrected chi connectivity index (χ1v) is 29.9. The first-order valence-electron chi connectivity index (χ1n) is 23.8. The van der Waals surface area contributed by atoms with Gasteiger partial charge in [0.05, 0.1) is 34.2 Å². The molecular weight excluding hydrogens is 1270 g/mol. The van der Waals surface area contributed by atoms with Crippen molar-refractivity contribution in [1.82, 2.24) is 59.8 Å². The topological polar surface area (TPSA) is 155 Å². The molecule has 12 nitrogen and oxygen atoms in total. The third kappa shape index (κ3) is 39.8. The minimum absolute atomic E-state index is 0. The Morgan fingerprint density at radius 1 is 0.259 bits per heavy atom. The second-order valence-corrected chi connectivity index (χ2v) is 23.7. The van der Waals surface area contributed by atoms with Crippen LogP contribution in [0.5, 0.6) is 0 Å². The second kappa shape index (κ2) is 26.9. The molecule has 0 aromatic carbocycles. The molecular formula is C51H48F18FeN12P3. The number of aryl methyl sites for hydroxylation is 9. The monoisotopic (exact) mass is 1320 g/mol. The summed E-state index contributed by atoms with van der Waals surface area (Å²) >= 11 is 0. The number of hydrogen-bond donors (Lipinski definition) is 0. The average molecular weight is 1320 g/mol. The Hall–Kier alpha value is -7.31. The summed E-state index contributed by atoms with van der Waals surface area (Å²) in [6.45, 7) is 6.18. The summed E-state index contributed by atoms with van der Waals surface area (Å²) in [6, 6.07) is 24.6. The van der Waals surface area contributed by atoms with Crippen LogP contribution in [0.1, 0.15) is 50.1 Å². The molecule has 0 fully saturated rings. The Bertz CT molecular complexity index is 3150.